The predicted molar refractivity (Wildman–Crippen MR) is 118 cm³/mol. The van der Waals surface area contributed by atoms with Crippen molar-refractivity contribution in [2.24, 2.45) is 0 Å². The molecule has 0 fully saturated rings. The molecule has 0 aliphatic carbocycles. The summed E-state index contributed by atoms with van der Waals surface area (Å²) in [6.45, 7) is 0. The predicted octanol–water partition coefficient (Wildman–Crippen LogP) is 6.46. The number of fused-ring (bicyclic) bond motifs is 2. The third-order valence-electron chi connectivity index (χ3n) is 3.28. The SMILES string of the molecule is Cl.Cl.Oc1ccc2ccccc2c1.[CH3-].[CH3-].[Si]=[Ti].c1ccc2[cH-]ccc2c1. The Bertz CT molecular complexity index is 834. The quantitative estimate of drug-likeness (QED) is 0.247. The van der Waals surface area contributed by atoms with Crippen LogP contribution in [0.25, 0.3) is 21.5 Å². The summed E-state index contributed by atoms with van der Waals surface area (Å²) in [5.74, 6) is 0.323. The van der Waals surface area contributed by atoms with E-state index in [2.05, 4.69) is 50.1 Å². The van der Waals surface area contributed by atoms with E-state index in [0.717, 1.165) is 10.8 Å². The van der Waals surface area contributed by atoms with Crippen molar-refractivity contribution >= 4 is 54.0 Å². The van der Waals surface area contributed by atoms with E-state index in [0.29, 0.717) is 5.75 Å². The van der Waals surface area contributed by atoms with Crippen molar-refractivity contribution in [3.63, 3.8) is 0 Å². The van der Waals surface area contributed by atoms with E-state index in [1.165, 1.54) is 10.8 Å². The zero-order valence-electron chi connectivity index (χ0n) is 14.8. The number of hydrogen-bond acceptors (Lipinski definition) is 1. The number of halogens is 2. The van der Waals surface area contributed by atoms with Crippen LogP contribution in [0, 0.1) is 14.9 Å². The fourth-order valence-electron chi connectivity index (χ4n) is 2.25. The molecule has 0 aliphatic heterocycles. The number of hydrogen-bond donors (Lipinski definition) is 1. The van der Waals surface area contributed by atoms with Crippen LogP contribution in [-0.4, -0.2) is 12.7 Å². The zero-order chi connectivity index (χ0) is 15.8. The van der Waals surface area contributed by atoms with E-state index in [4.69, 9.17) is 5.11 Å². The maximum absolute atomic E-state index is 9.13. The summed E-state index contributed by atoms with van der Waals surface area (Å²) >= 11 is 1.81. The minimum Gasteiger partial charge on any atom is -0.168 e. The van der Waals surface area contributed by atoms with Crippen molar-refractivity contribution in [2.75, 3.05) is 0 Å². The third-order valence-corrected chi connectivity index (χ3v) is 3.28. The van der Waals surface area contributed by atoms with E-state index >= 15 is 0 Å². The summed E-state index contributed by atoms with van der Waals surface area (Å²) in [5.41, 5.74) is 0. The second-order valence-corrected chi connectivity index (χ2v) is 4.69. The molecule has 138 valence electrons. The monoisotopic (exact) mass is 437 g/mol. The minimum absolute atomic E-state index is 0. The van der Waals surface area contributed by atoms with Gasteiger partial charge in [0.15, 0.2) is 0 Å². The van der Waals surface area contributed by atoms with Gasteiger partial charge in [-0.05, 0) is 22.9 Å². The average Bonchev–Trinajstić information content (AvgIpc) is 3.06. The van der Waals surface area contributed by atoms with E-state index in [-0.39, 0.29) is 39.7 Å². The summed E-state index contributed by atoms with van der Waals surface area (Å²) in [7, 11) is 2.97. The average molecular weight is 438 g/mol. The Morgan fingerprint density at radius 2 is 1.23 bits per heavy atom. The Hall–Kier alpha value is -1.16. The molecule has 4 rings (SSSR count). The van der Waals surface area contributed by atoms with Crippen LogP contribution in [0.5, 0.6) is 5.75 Å². The van der Waals surface area contributed by atoms with Gasteiger partial charge < -0.3 is 20.0 Å². The summed E-state index contributed by atoms with van der Waals surface area (Å²) in [6, 6.07) is 28.0. The molecular formula is C21H23Cl2OSiTi-3. The van der Waals surface area contributed by atoms with Crippen LogP contribution in [0.3, 0.4) is 0 Å². The van der Waals surface area contributed by atoms with Gasteiger partial charge in [-0.1, -0.05) is 36.4 Å². The molecule has 0 atom stereocenters. The molecule has 1 N–H and O–H groups in total. The van der Waals surface area contributed by atoms with Gasteiger partial charge >= 0.3 is 26.8 Å². The number of benzene rings is 3. The number of phenolic OH excluding ortho intramolecular Hbond substituents is 1. The zero-order valence-corrected chi connectivity index (χ0v) is 19.0. The summed E-state index contributed by atoms with van der Waals surface area (Å²) in [6.07, 6.45) is 0. The number of aromatic hydroxyl groups is 1. The van der Waals surface area contributed by atoms with Crippen molar-refractivity contribution in [2.45, 2.75) is 0 Å². The van der Waals surface area contributed by atoms with Gasteiger partial charge in [-0.15, -0.1) is 54.5 Å². The van der Waals surface area contributed by atoms with E-state index in [1.54, 1.807) is 31.3 Å². The molecule has 0 aliphatic rings. The second-order valence-electron chi connectivity index (χ2n) is 4.69. The van der Waals surface area contributed by atoms with Crippen molar-refractivity contribution < 1.29 is 24.3 Å². The molecule has 0 heterocycles. The molecule has 26 heavy (non-hydrogen) atoms. The van der Waals surface area contributed by atoms with Crippen molar-refractivity contribution in [3.05, 3.63) is 99.8 Å². The van der Waals surface area contributed by atoms with E-state index in [1.807, 2.05) is 30.3 Å². The van der Waals surface area contributed by atoms with Crippen LogP contribution in [-0.2, 0) is 19.2 Å². The van der Waals surface area contributed by atoms with Crippen LogP contribution < -0.4 is 0 Å². The fraction of sp³-hybridized carbons (Fsp3) is 0. The fourth-order valence-corrected chi connectivity index (χ4v) is 2.25. The van der Waals surface area contributed by atoms with Gasteiger partial charge in [0, 0.05) is 0 Å². The van der Waals surface area contributed by atoms with Crippen LogP contribution in [0.1, 0.15) is 0 Å². The second kappa shape index (κ2) is 16.0. The maximum Gasteiger partial charge on any atom is -0.0809 e. The van der Waals surface area contributed by atoms with E-state index in [9.17, 15) is 0 Å². The third kappa shape index (κ3) is 8.48. The van der Waals surface area contributed by atoms with Gasteiger partial charge in [0.25, 0.3) is 0 Å². The largest absolute Gasteiger partial charge is 0.168 e. The van der Waals surface area contributed by atoms with Gasteiger partial charge in [0.05, 0.1) is 0 Å². The Morgan fingerprint density at radius 1 is 0.692 bits per heavy atom. The Kier molecular flexibility index (Phi) is 18.3. The first-order chi connectivity index (χ1) is 10.8. The molecule has 0 bridgehead atoms. The summed E-state index contributed by atoms with van der Waals surface area (Å²) in [4.78, 5) is 0. The van der Waals surface area contributed by atoms with Crippen LogP contribution >= 0.6 is 24.8 Å². The van der Waals surface area contributed by atoms with Crippen molar-refractivity contribution in [1.82, 2.24) is 0 Å². The first-order valence-electron chi connectivity index (χ1n) is 6.86. The molecule has 4 aromatic carbocycles. The van der Waals surface area contributed by atoms with Gasteiger partial charge in [-0.25, -0.2) is 0 Å². The Balaban J connectivity index is -0.000000329. The Labute approximate surface area is 183 Å². The molecule has 2 radical (unpaired) electrons. The molecule has 0 amide bonds. The van der Waals surface area contributed by atoms with Crippen LogP contribution in [0.15, 0.2) is 84.9 Å². The maximum atomic E-state index is 9.13. The summed E-state index contributed by atoms with van der Waals surface area (Å²) < 4.78 is 0. The first kappa shape index (κ1) is 29.6. The van der Waals surface area contributed by atoms with E-state index < -0.39 is 0 Å². The molecule has 0 saturated heterocycles. The standard InChI is InChI=1S/C10H8O.C9H7.2CH3.2ClH.Si.Ti/c11-10-6-5-8-3-1-2-4-9(8)7-10;1-2-5-9-7-3-6-8(9)4-1;;;;;;/h1-7,11H;1-7H;2*1H3;2*1H;;/q;3*-1;;;;. The first-order valence-corrected chi connectivity index (χ1v) is 9.70. The normalized spacial score (nSPS) is 7.96. The van der Waals surface area contributed by atoms with Gasteiger partial charge in [0.2, 0.25) is 0 Å². The molecule has 0 unspecified atom stereocenters. The molecule has 5 heteroatoms. The number of phenols is 1. The van der Waals surface area contributed by atoms with Crippen LogP contribution in [0.2, 0.25) is 0 Å². The Morgan fingerprint density at radius 3 is 1.85 bits per heavy atom. The van der Waals surface area contributed by atoms with Crippen molar-refractivity contribution in [3.8, 4) is 5.75 Å². The van der Waals surface area contributed by atoms with Gasteiger partial charge in [-0.2, -0.15) is 17.5 Å². The molecular weight excluding hydrogens is 415 g/mol. The van der Waals surface area contributed by atoms with Crippen LogP contribution in [0.4, 0.5) is 0 Å². The summed E-state index contributed by atoms with van der Waals surface area (Å²) in [5, 5.41) is 14.0. The molecule has 0 aromatic heterocycles. The smallest absolute Gasteiger partial charge is 0.0809 e. The number of rotatable bonds is 0. The molecule has 1 nitrogen and oxygen atoms in total. The topological polar surface area (TPSA) is 20.2 Å². The molecule has 0 spiro atoms. The molecule has 0 saturated carbocycles. The van der Waals surface area contributed by atoms with Crippen molar-refractivity contribution in [1.29, 1.82) is 0 Å². The molecule has 4 aromatic rings. The van der Waals surface area contributed by atoms with Gasteiger partial charge in [0.1, 0.15) is 5.75 Å². The minimum atomic E-state index is 0. The van der Waals surface area contributed by atoms with Gasteiger partial charge in [-0.3, -0.25) is 0 Å².